The third-order valence-electron chi connectivity index (χ3n) is 6.08. The van der Waals surface area contributed by atoms with Crippen LogP contribution in [-0.4, -0.2) is 68.7 Å². The molecule has 2 amide bonds. The summed E-state index contributed by atoms with van der Waals surface area (Å²) in [6.07, 6.45) is -1.96. The molecule has 3 N–H and O–H groups in total. The highest BCUT2D eigenvalue weighted by Crippen LogP contribution is 2.44. The number of likely N-dealkylation sites (tertiary alicyclic amines) is 1. The summed E-state index contributed by atoms with van der Waals surface area (Å²) in [7, 11) is 0. The Kier molecular flexibility index (Phi) is 5.46. The number of carbonyl (C=O) groups is 3. The summed E-state index contributed by atoms with van der Waals surface area (Å²) >= 11 is 0. The molecule has 11 nitrogen and oxygen atoms in total. The van der Waals surface area contributed by atoms with E-state index in [1.807, 2.05) is 48.5 Å². The third kappa shape index (κ3) is 3.75. The van der Waals surface area contributed by atoms with Crippen LogP contribution in [0.4, 0.5) is 10.6 Å². The lowest BCUT2D eigenvalue weighted by Gasteiger charge is -2.19. The lowest BCUT2D eigenvalue weighted by molar-refractivity contribution is -0.141. The summed E-state index contributed by atoms with van der Waals surface area (Å²) in [5, 5.41) is 28.5. The van der Waals surface area contributed by atoms with Gasteiger partial charge in [-0.1, -0.05) is 48.5 Å². The number of nitrogens with one attached hydrogen (secondary N) is 1. The second-order valence-corrected chi connectivity index (χ2v) is 8.11. The Morgan fingerprint density at radius 3 is 2.35 bits per heavy atom. The molecule has 1 saturated heterocycles. The van der Waals surface area contributed by atoms with Crippen LogP contribution >= 0.6 is 0 Å². The topological polar surface area (TPSA) is 155 Å². The molecule has 0 bridgehead atoms. The first kappa shape index (κ1) is 21.6. The Morgan fingerprint density at radius 1 is 1.06 bits per heavy atom. The molecular formula is C23H20N4O7. The molecule has 0 unspecified atom stereocenters. The first-order chi connectivity index (χ1) is 16.4. The van der Waals surface area contributed by atoms with E-state index in [-0.39, 0.29) is 37.0 Å². The van der Waals surface area contributed by atoms with Gasteiger partial charge in [0.1, 0.15) is 12.6 Å². The number of nitrogens with zero attached hydrogens (tertiary/aromatic N) is 3. The van der Waals surface area contributed by atoms with Gasteiger partial charge in [-0.05, 0) is 32.6 Å². The van der Waals surface area contributed by atoms with Crippen molar-refractivity contribution in [3.8, 4) is 11.1 Å². The molecule has 0 spiro atoms. The van der Waals surface area contributed by atoms with Crippen molar-refractivity contribution in [1.29, 1.82) is 0 Å². The van der Waals surface area contributed by atoms with Gasteiger partial charge in [-0.15, -0.1) is 0 Å². The van der Waals surface area contributed by atoms with Gasteiger partial charge in [-0.25, -0.2) is 14.2 Å². The molecule has 5 rings (SSSR count). The molecule has 2 heterocycles. The molecule has 0 saturated carbocycles. The van der Waals surface area contributed by atoms with E-state index in [4.69, 9.17) is 4.74 Å². The third-order valence-corrected chi connectivity index (χ3v) is 6.08. The van der Waals surface area contributed by atoms with Crippen LogP contribution in [0.2, 0.25) is 0 Å². The maximum atomic E-state index is 12.8. The molecule has 1 aliphatic carbocycles. The minimum atomic E-state index is -1.26. The number of aliphatic hydroxyl groups is 1. The summed E-state index contributed by atoms with van der Waals surface area (Å²) in [6, 6.07) is 14.6. The van der Waals surface area contributed by atoms with Crippen molar-refractivity contribution >= 4 is 23.8 Å². The Hall–Kier alpha value is -4.25. The molecule has 11 heteroatoms. The second-order valence-electron chi connectivity index (χ2n) is 8.11. The van der Waals surface area contributed by atoms with Crippen LogP contribution in [0.1, 0.15) is 34.0 Å². The summed E-state index contributed by atoms with van der Waals surface area (Å²) in [5.41, 5.74) is 3.88. The minimum Gasteiger partial charge on any atom is -0.480 e. The number of hydrogen-bond acceptors (Lipinski definition) is 8. The number of aliphatic hydroxyl groups excluding tert-OH is 1. The Labute approximate surface area is 192 Å². The van der Waals surface area contributed by atoms with E-state index in [9.17, 15) is 24.6 Å². The van der Waals surface area contributed by atoms with E-state index in [1.54, 1.807) is 0 Å². The zero-order chi connectivity index (χ0) is 23.8. The number of carboxylic acids is 1. The van der Waals surface area contributed by atoms with Crippen molar-refractivity contribution in [3.63, 3.8) is 0 Å². The molecule has 1 aliphatic heterocycles. The van der Waals surface area contributed by atoms with Crippen molar-refractivity contribution in [2.75, 3.05) is 18.5 Å². The fourth-order valence-corrected chi connectivity index (χ4v) is 4.55. The predicted octanol–water partition coefficient (Wildman–Crippen LogP) is 2.09. The quantitative estimate of drug-likeness (QED) is 0.515. The van der Waals surface area contributed by atoms with E-state index in [0.717, 1.165) is 27.2 Å². The number of anilines is 1. The SMILES string of the molecule is O=C(Nc1nonc1C(=O)N1C[C@H](O)C[C@@H]1C(=O)O)OCC1c2ccccc2-c2ccccc21. The summed E-state index contributed by atoms with van der Waals surface area (Å²) in [5.74, 6) is -2.55. The van der Waals surface area contributed by atoms with E-state index in [0.29, 0.717) is 0 Å². The summed E-state index contributed by atoms with van der Waals surface area (Å²) in [4.78, 5) is 37.7. The van der Waals surface area contributed by atoms with E-state index in [1.165, 1.54) is 0 Å². The number of benzene rings is 2. The number of ether oxygens (including phenoxy) is 1. The van der Waals surface area contributed by atoms with Crippen LogP contribution in [0.3, 0.4) is 0 Å². The summed E-state index contributed by atoms with van der Waals surface area (Å²) in [6.45, 7) is -0.138. The van der Waals surface area contributed by atoms with Crippen LogP contribution in [0, 0.1) is 0 Å². The maximum absolute atomic E-state index is 12.8. The monoisotopic (exact) mass is 464 g/mol. The van der Waals surface area contributed by atoms with Gasteiger partial charge in [0.15, 0.2) is 0 Å². The van der Waals surface area contributed by atoms with Gasteiger partial charge < -0.3 is 19.8 Å². The highest BCUT2D eigenvalue weighted by atomic mass is 16.6. The van der Waals surface area contributed by atoms with Crippen molar-refractivity contribution in [1.82, 2.24) is 15.2 Å². The van der Waals surface area contributed by atoms with Gasteiger partial charge in [0, 0.05) is 18.9 Å². The standard InChI is InChI=1S/C23H20N4O7/c28-12-9-18(22(30)31)27(10-12)21(29)19-20(26-34-25-19)24-23(32)33-11-17-15-7-3-1-5-13(15)14-6-2-4-8-16(14)17/h1-8,12,17-18,28H,9-11H2,(H,30,31)(H,24,26,32)/t12-,18-/m1/s1. The van der Waals surface area contributed by atoms with E-state index in [2.05, 4.69) is 20.3 Å². The number of hydrogen-bond donors (Lipinski definition) is 3. The van der Waals surface area contributed by atoms with Gasteiger partial charge in [-0.2, -0.15) is 0 Å². The van der Waals surface area contributed by atoms with Gasteiger partial charge in [-0.3, -0.25) is 10.1 Å². The summed E-state index contributed by atoms with van der Waals surface area (Å²) < 4.78 is 10.0. The molecule has 1 aromatic heterocycles. The first-order valence-corrected chi connectivity index (χ1v) is 10.6. The van der Waals surface area contributed by atoms with Gasteiger partial charge in [0.05, 0.1) is 6.10 Å². The first-order valence-electron chi connectivity index (χ1n) is 10.6. The molecule has 174 valence electrons. The van der Waals surface area contributed by atoms with Gasteiger partial charge in [0.2, 0.25) is 11.5 Å². The van der Waals surface area contributed by atoms with Crippen molar-refractivity contribution in [2.24, 2.45) is 0 Å². The second kappa shape index (κ2) is 8.60. The molecule has 34 heavy (non-hydrogen) atoms. The highest BCUT2D eigenvalue weighted by molar-refractivity contribution is 6.01. The van der Waals surface area contributed by atoms with E-state index < -0.39 is 30.1 Å². The van der Waals surface area contributed by atoms with Crippen LogP contribution in [0.25, 0.3) is 11.1 Å². The lowest BCUT2D eigenvalue weighted by atomic mass is 9.98. The molecule has 2 aliphatic rings. The number of amides is 2. The number of rotatable bonds is 5. The Bertz CT molecular complexity index is 1230. The Morgan fingerprint density at radius 2 is 1.71 bits per heavy atom. The van der Waals surface area contributed by atoms with E-state index >= 15 is 0 Å². The number of carboxylic acid groups (broad SMARTS) is 1. The van der Waals surface area contributed by atoms with Crippen molar-refractivity contribution in [3.05, 3.63) is 65.4 Å². The predicted molar refractivity (Wildman–Crippen MR) is 116 cm³/mol. The fourth-order valence-electron chi connectivity index (χ4n) is 4.55. The smallest absolute Gasteiger partial charge is 0.412 e. The maximum Gasteiger partial charge on any atom is 0.412 e. The highest BCUT2D eigenvalue weighted by Gasteiger charge is 2.41. The average Bonchev–Trinajstić information content (AvgIpc) is 3.53. The number of fused-ring (bicyclic) bond motifs is 3. The molecule has 2 atom stereocenters. The number of carbonyl (C=O) groups excluding carboxylic acids is 2. The van der Waals surface area contributed by atoms with Crippen LogP contribution in [0.15, 0.2) is 53.2 Å². The van der Waals surface area contributed by atoms with Crippen LogP contribution in [0.5, 0.6) is 0 Å². The molecule has 2 aromatic carbocycles. The average molecular weight is 464 g/mol. The number of aliphatic carboxylic acids is 1. The van der Waals surface area contributed by atoms with Gasteiger partial charge >= 0.3 is 12.1 Å². The zero-order valence-corrected chi connectivity index (χ0v) is 17.7. The van der Waals surface area contributed by atoms with Crippen LogP contribution in [-0.2, 0) is 9.53 Å². The fraction of sp³-hybridized carbons (Fsp3) is 0.261. The van der Waals surface area contributed by atoms with Crippen molar-refractivity contribution in [2.45, 2.75) is 24.5 Å². The minimum absolute atomic E-state index is 0.0494. The van der Waals surface area contributed by atoms with Gasteiger partial charge in [0.25, 0.3) is 5.91 Å². The normalized spacial score (nSPS) is 18.9. The molecule has 0 radical (unpaired) electrons. The zero-order valence-electron chi connectivity index (χ0n) is 17.7. The lowest BCUT2D eigenvalue weighted by Crippen LogP contribution is -2.41. The largest absolute Gasteiger partial charge is 0.480 e. The Balaban J connectivity index is 1.28. The molecule has 1 fully saturated rings. The molecule has 3 aromatic rings. The molecular weight excluding hydrogens is 444 g/mol. The van der Waals surface area contributed by atoms with Crippen LogP contribution < -0.4 is 5.32 Å². The number of β-amino-alcohol motifs (C(OH)–C–C–N with tert-alkyl or cyclic N) is 1. The number of aromatic nitrogens is 2. The van der Waals surface area contributed by atoms with Crippen molar-refractivity contribution < 1.29 is 34.0 Å².